The van der Waals surface area contributed by atoms with Gasteiger partial charge < -0.3 is 9.84 Å². The Morgan fingerprint density at radius 3 is 2.71 bits per heavy atom. The van der Waals surface area contributed by atoms with Gasteiger partial charge in [0.05, 0.1) is 11.7 Å². The van der Waals surface area contributed by atoms with E-state index in [1.165, 1.54) is 0 Å². The summed E-state index contributed by atoms with van der Waals surface area (Å²) in [4.78, 5) is 16.8. The molecule has 24 heavy (non-hydrogen) atoms. The summed E-state index contributed by atoms with van der Waals surface area (Å²) < 4.78 is 5.24. The lowest BCUT2D eigenvalue weighted by molar-refractivity contribution is -0.306. The second-order valence-electron chi connectivity index (χ2n) is 6.90. The molecule has 2 unspecified atom stereocenters. The molecule has 2 rings (SSSR count). The summed E-state index contributed by atoms with van der Waals surface area (Å²) in [5, 5.41) is 19.2. The lowest BCUT2D eigenvalue weighted by Crippen LogP contribution is -2.35. The third kappa shape index (κ3) is 4.23. The van der Waals surface area contributed by atoms with Crippen molar-refractivity contribution in [3.63, 3.8) is 0 Å². The van der Waals surface area contributed by atoms with Crippen molar-refractivity contribution < 1.29 is 24.8 Å². The minimum atomic E-state index is -0.894. The molecule has 0 saturated heterocycles. The van der Waals surface area contributed by atoms with E-state index in [0.29, 0.717) is 12.0 Å². The van der Waals surface area contributed by atoms with E-state index in [-0.39, 0.29) is 18.4 Å². The van der Waals surface area contributed by atoms with Gasteiger partial charge in [0.15, 0.2) is 0 Å². The molecule has 0 fully saturated rings. The smallest absolute Gasteiger partial charge is 0.338 e. The maximum atomic E-state index is 12.2. The van der Waals surface area contributed by atoms with Crippen molar-refractivity contribution in [2.75, 3.05) is 6.61 Å². The van der Waals surface area contributed by atoms with E-state index < -0.39 is 18.2 Å². The topological polar surface area (TPSA) is 76.0 Å². The normalized spacial score (nSPS) is 16.3. The number of carbonyl (C=O) groups excluding carboxylic acids is 1. The first-order valence-electron chi connectivity index (χ1n) is 8.33. The number of aliphatic hydroxyl groups is 1. The number of carbonyl (C=O) groups is 1. The lowest BCUT2D eigenvalue weighted by Gasteiger charge is -2.31. The number of fused-ring (bicyclic) bond motifs is 1. The van der Waals surface area contributed by atoms with Gasteiger partial charge in [-0.25, -0.2) is 9.68 Å². The third-order valence-corrected chi connectivity index (χ3v) is 4.86. The molecular formula is C19H26O5. The summed E-state index contributed by atoms with van der Waals surface area (Å²) in [6.07, 6.45) is 2.12. The first-order valence-corrected chi connectivity index (χ1v) is 8.33. The first-order chi connectivity index (χ1) is 11.4. The molecule has 1 aliphatic carbocycles. The Kier molecular flexibility index (Phi) is 6.15. The maximum absolute atomic E-state index is 12.2. The van der Waals surface area contributed by atoms with E-state index in [2.05, 4.69) is 4.89 Å². The molecule has 5 heteroatoms. The Morgan fingerprint density at radius 1 is 1.33 bits per heavy atom. The highest BCUT2D eigenvalue weighted by Gasteiger charge is 2.31. The van der Waals surface area contributed by atoms with E-state index in [0.717, 1.165) is 17.5 Å². The Labute approximate surface area is 142 Å². The van der Waals surface area contributed by atoms with Crippen LogP contribution in [0.5, 0.6) is 0 Å². The second kappa shape index (κ2) is 7.92. The van der Waals surface area contributed by atoms with Gasteiger partial charge in [-0.1, -0.05) is 51.1 Å². The molecule has 0 spiro atoms. The van der Waals surface area contributed by atoms with Crippen LogP contribution in [0.15, 0.2) is 30.3 Å². The molecule has 2 atom stereocenters. The molecule has 132 valence electrons. The summed E-state index contributed by atoms with van der Waals surface area (Å²) >= 11 is 0. The fraction of sp³-hybridized carbons (Fsp3) is 0.526. The number of rotatable bonds is 8. The van der Waals surface area contributed by atoms with Gasteiger partial charge in [-0.2, -0.15) is 0 Å². The number of aliphatic hydroxyl groups excluding tert-OH is 1. The molecule has 0 radical (unpaired) electrons. The molecule has 2 N–H and O–H groups in total. The highest BCUT2D eigenvalue weighted by molar-refractivity contribution is 6.18. The van der Waals surface area contributed by atoms with Crippen molar-refractivity contribution in [1.29, 1.82) is 0 Å². The van der Waals surface area contributed by atoms with E-state index in [9.17, 15) is 9.90 Å². The summed E-state index contributed by atoms with van der Waals surface area (Å²) in [7, 11) is 0. The van der Waals surface area contributed by atoms with Crippen LogP contribution in [0.25, 0.3) is 5.57 Å². The van der Waals surface area contributed by atoms with Crippen LogP contribution in [0.4, 0.5) is 0 Å². The van der Waals surface area contributed by atoms with Gasteiger partial charge in [0.1, 0.15) is 12.7 Å². The minimum absolute atomic E-state index is 0.127. The average molecular weight is 334 g/mol. The highest BCUT2D eigenvalue weighted by Crippen LogP contribution is 2.30. The van der Waals surface area contributed by atoms with Crippen molar-refractivity contribution in [1.82, 2.24) is 0 Å². The molecular weight excluding hydrogens is 308 g/mol. The molecule has 1 aromatic carbocycles. The predicted molar refractivity (Wildman–Crippen MR) is 91.3 cm³/mol. The van der Waals surface area contributed by atoms with E-state index in [1.54, 1.807) is 0 Å². The fourth-order valence-electron chi connectivity index (χ4n) is 2.77. The quantitative estimate of drug-likeness (QED) is 0.434. The van der Waals surface area contributed by atoms with Crippen molar-refractivity contribution >= 4 is 11.5 Å². The van der Waals surface area contributed by atoms with E-state index in [4.69, 9.17) is 9.99 Å². The van der Waals surface area contributed by atoms with Crippen LogP contribution in [-0.4, -0.2) is 35.1 Å². The Balaban J connectivity index is 1.88. The van der Waals surface area contributed by atoms with Crippen LogP contribution in [0, 0.1) is 5.41 Å². The van der Waals surface area contributed by atoms with Gasteiger partial charge in [-0.05, 0) is 29.4 Å². The average Bonchev–Trinajstić information content (AvgIpc) is 3.01. The summed E-state index contributed by atoms with van der Waals surface area (Å²) in [5.41, 5.74) is 2.25. The molecule has 0 amide bonds. The summed E-state index contributed by atoms with van der Waals surface area (Å²) in [5.74, 6) is -0.435. The number of allylic oxidation sites excluding steroid dienone is 1. The minimum Gasteiger partial charge on any atom is -0.459 e. The number of benzene rings is 1. The zero-order chi connectivity index (χ0) is 17.7. The van der Waals surface area contributed by atoms with Gasteiger partial charge in [0, 0.05) is 6.42 Å². The first kappa shape index (κ1) is 18.6. The number of esters is 1. The van der Waals surface area contributed by atoms with Crippen LogP contribution in [0.2, 0.25) is 0 Å². The molecule has 0 aromatic heterocycles. The predicted octanol–water partition coefficient (Wildman–Crippen LogP) is 3.21. The van der Waals surface area contributed by atoms with Crippen LogP contribution in [-0.2, 0) is 20.8 Å². The zero-order valence-corrected chi connectivity index (χ0v) is 14.5. The Bertz CT molecular complexity index is 606. The lowest BCUT2D eigenvalue weighted by atomic mass is 9.81. The fourth-order valence-corrected chi connectivity index (χ4v) is 2.77. The van der Waals surface area contributed by atoms with Crippen molar-refractivity contribution in [2.24, 2.45) is 5.41 Å². The van der Waals surface area contributed by atoms with Gasteiger partial charge >= 0.3 is 5.97 Å². The maximum Gasteiger partial charge on any atom is 0.338 e. The van der Waals surface area contributed by atoms with Gasteiger partial charge in [0.2, 0.25) is 0 Å². The van der Waals surface area contributed by atoms with Crippen molar-refractivity contribution in [3.05, 3.63) is 41.5 Å². The van der Waals surface area contributed by atoms with Crippen LogP contribution in [0.1, 0.15) is 44.7 Å². The number of hydrogen-bond donors (Lipinski definition) is 2. The Hall–Kier alpha value is -1.69. The molecule has 0 saturated carbocycles. The van der Waals surface area contributed by atoms with Crippen LogP contribution >= 0.6 is 0 Å². The SMILES string of the molecule is CCC(C)(C)C(CC(O)COC(=O)C1=CCc2ccccc21)OO. The van der Waals surface area contributed by atoms with Crippen LogP contribution < -0.4 is 0 Å². The zero-order valence-electron chi connectivity index (χ0n) is 14.5. The number of ether oxygens (including phenoxy) is 1. The number of hydrogen-bond acceptors (Lipinski definition) is 5. The van der Waals surface area contributed by atoms with Gasteiger partial charge in [-0.3, -0.25) is 5.26 Å². The van der Waals surface area contributed by atoms with E-state index in [1.807, 2.05) is 51.1 Å². The monoisotopic (exact) mass is 334 g/mol. The van der Waals surface area contributed by atoms with E-state index >= 15 is 0 Å². The van der Waals surface area contributed by atoms with Crippen LogP contribution in [0.3, 0.4) is 0 Å². The van der Waals surface area contributed by atoms with Gasteiger partial charge in [0.25, 0.3) is 0 Å². The van der Waals surface area contributed by atoms with Crippen molar-refractivity contribution in [2.45, 2.75) is 52.2 Å². The summed E-state index contributed by atoms with van der Waals surface area (Å²) in [6, 6.07) is 7.70. The largest absolute Gasteiger partial charge is 0.459 e. The molecule has 0 aliphatic heterocycles. The molecule has 0 bridgehead atoms. The standard InChI is InChI=1S/C19H26O5/c1-4-19(2,3)17(24-22)11-14(20)12-23-18(21)16-10-9-13-7-5-6-8-15(13)16/h5-8,10,14,17,20,22H,4,9,11-12H2,1-3H3. The molecule has 5 nitrogen and oxygen atoms in total. The highest BCUT2D eigenvalue weighted by atomic mass is 17.1. The van der Waals surface area contributed by atoms with Gasteiger partial charge in [-0.15, -0.1) is 0 Å². The summed E-state index contributed by atoms with van der Waals surface area (Å²) in [6.45, 7) is 5.76. The molecule has 0 heterocycles. The molecule has 1 aliphatic rings. The second-order valence-corrected chi connectivity index (χ2v) is 6.90. The Morgan fingerprint density at radius 2 is 2.04 bits per heavy atom. The third-order valence-electron chi connectivity index (χ3n) is 4.86. The van der Waals surface area contributed by atoms with Crippen molar-refractivity contribution in [3.8, 4) is 0 Å². The molecule has 1 aromatic rings.